The van der Waals surface area contributed by atoms with Crippen molar-refractivity contribution in [3.8, 4) is 0 Å². The van der Waals surface area contributed by atoms with Crippen LogP contribution < -0.4 is 16.4 Å². The molecule has 39 heavy (non-hydrogen) atoms. The number of nitrogens with two attached hydrogens (primary N) is 1. The Bertz CT molecular complexity index is 877. The molecule has 3 amide bonds. The van der Waals surface area contributed by atoms with Gasteiger partial charge in [0.15, 0.2) is 5.96 Å². The zero-order chi connectivity index (χ0) is 28.9. The van der Waals surface area contributed by atoms with Gasteiger partial charge in [-0.05, 0) is 50.9 Å². The summed E-state index contributed by atoms with van der Waals surface area (Å²) in [7, 11) is 1.22. The summed E-state index contributed by atoms with van der Waals surface area (Å²) in [6.45, 7) is 5.53. The van der Waals surface area contributed by atoms with E-state index in [1.807, 2.05) is 13.8 Å². The van der Waals surface area contributed by atoms with Crippen molar-refractivity contribution in [3.63, 3.8) is 0 Å². The van der Waals surface area contributed by atoms with Crippen LogP contribution in [-0.4, -0.2) is 90.6 Å². The molecule has 0 aromatic heterocycles. The summed E-state index contributed by atoms with van der Waals surface area (Å²) in [4.78, 5) is 66.9. The Hall–Kier alpha value is -3.18. The van der Waals surface area contributed by atoms with E-state index in [1.54, 1.807) is 4.90 Å². The van der Waals surface area contributed by atoms with Gasteiger partial charge in [0.25, 0.3) is 0 Å². The monoisotopic (exact) mass is 550 g/mol. The molecule has 12 heteroatoms. The summed E-state index contributed by atoms with van der Waals surface area (Å²) in [5, 5.41) is 13.2. The largest absolute Gasteiger partial charge is 0.469 e. The van der Waals surface area contributed by atoms with E-state index < -0.39 is 35.9 Å². The highest BCUT2D eigenvalue weighted by molar-refractivity contribution is 5.95. The Morgan fingerprint density at radius 3 is 2.33 bits per heavy atom. The lowest BCUT2D eigenvalue weighted by Gasteiger charge is -2.34. The van der Waals surface area contributed by atoms with Gasteiger partial charge in [-0.25, -0.2) is 0 Å². The van der Waals surface area contributed by atoms with Crippen molar-refractivity contribution in [1.82, 2.24) is 20.4 Å². The van der Waals surface area contributed by atoms with Gasteiger partial charge in [-0.1, -0.05) is 26.7 Å². The van der Waals surface area contributed by atoms with Crippen molar-refractivity contribution in [3.05, 3.63) is 0 Å². The second-order valence-corrected chi connectivity index (χ2v) is 10.6. The molecule has 0 aliphatic carbocycles. The number of hydrogen-bond acceptors (Lipinski definition) is 7. The van der Waals surface area contributed by atoms with Crippen LogP contribution in [0.15, 0.2) is 0 Å². The predicted molar refractivity (Wildman–Crippen MR) is 145 cm³/mol. The number of nitrogens with one attached hydrogen (secondary N) is 3. The summed E-state index contributed by atoms with van der Waals surface area (Å²) in [6.07, 6.45) is 6.46. The van der Waals surface area contributed by atoms with Gasteiger partial charge >= 0.3 is 5.97 Å². The van der Waals surface area contributed by atoms with Gasteiger partial charge in [-0.2, -0.15) is 0 Å². The van der Waals surface area contributed by atoms with Crippen molar-refractivity contribution in [1.29, 1.82) is 5.41 Å². The van der Waals surface area contributed by atoms with Crippen LogP contribution in [-0.2, 0) is 28.7 Å². The Morgan fingerprint density at radius 2 is 1.74 bits per heavy atom. The number of nitrogens with zero attached hydrogens (tertiary/aromatic N) is 2. The molecule has 2 aliphatic heterocycles. The fourth-order valence-electron chi connectivity index (χ4n) is 5.61. The van der Waals surface area contributed by atoms with Gasteiger partial charge < -0.3 is 35.7 Å². The van der Waals surface area contributed by atoms with E-state index in [2.05, 4.69) is 10.6 Å². The summed E-state index contributed by atoms with van der Waals surface area (Å²) in [6, 6.07) is -2.68. The highest BCUT2D eigenvalue weighted by atomic mass is 16.5. The van der Waals surface area contributed by atoms with Gasteiger partial charge in [0.1, 0.15) is 18.4 Å². The van der Waals surface area contributed by atoms with Gasteiger partial charge in [0, 0.05) is 25.6 Å². The normalized spacial score (nSPS) is 20.7. The maximum Gasteiger partial charge on any atom is 0.308 e. The van der Waals surface area contributed by atoms with Crippen molar-refractivity contribution < 1.29 is 28.7 Å². The standard InChI is InChI=1S/C27H46N6O6/c1-4-8-19(9-5-2)24(36)31-21(15-23(35)39-3)26(38)33-13-7-11-22(33)25(37)30-20(17-34)14-18-10-6-12-32(16-18)27(28)29/h17-22H,4-16H2,1-3H3,(H3,28,29)(H,30,37)(H,31,36)/t18?,20?,21-,22?/m0/s1. The van der Waals surface area contributed by atoms with E-state index in [0.29, 0.717) is 58.0 Å². The maximum absolute atomic E-state index is 13.6. The van der Waals surface area contributed by atoms with Gasteiger partial charge in [-0.15, -0.1) is 0 Å². The van der Waals surface area contributed by atoms with E-state index in [4.69, 9.17) is 15.9 Å². The number of aldehydes is 1. The van der Waals surface area contributed by atoms with Crippen LogP contribution in [0.1, 0.15) is 78.1 Å². The molecule has 2 rings (SSSR count). The van der Waals surface area contributed by atoms with Crippen molar-refractivity contribution >= 4 is 35.9 Å². The number of likely N-dealkylation sites (tertiary alicyclic amines) is 2. The topological polar surface area (TPSA) is 175 Å². The fourth-order valence-corrected chi connectivity index (χ4v) is 5.61. The molecule has 12 nitrogen and oxygen atoms in total. The molecule has 5 N–H and O–H groups in total. The quantitative estimate of drug-likeness (QED) is 0.107. The van der Waals surface area contributed by atoms with E-state index in [0.717, 1.165) is 25.7 Å². The minimum Gasteiger partial charge on any atom is -0.469 e. The second kappa shape index (κ2) is 16.0. The number of methoxy groups -OCH3 is 1. The maximum atomic E-state index is 13.6. The van der Waals surface area contributed by atoms with E-state index in [9.17, 15) is 24.0 Å². The number of ether oxygens (including phenoxy) is 1. The van der Waals surface area contributed by atoms with Crippen LogP contribution >= 0.6 is 0 Å². The molecule has 0 aromatic carbocycles. The Kier molecular flexibility index (Phi) is 13.2. The molecule has 3 unspecified atom stereocenters. The smallest absolute Gasteiger partial charge is 0.308 e. The lowest BCUT2D eigenvalue weighted by atomic mass is 9.91. The summed E-state index contributed by atoms with van der Waals surface area (Å²) in [5.41, 5.74) is 5.62. The third kappa shape index (κ3) is 9.50. The predicted octanol–water partition coefficient (Wildman–Crippen LogP) is 0.921. The van der Waals surface area contributed by atoms with Gasteiger partial charge in [0.05, 0.1) is 19.6 Å². The van der Waals surface area contributed by atoms with Gasteiger partial charge in [-0.3, -0.25) is 24.6 Å². The lowest BCUT2D eigenvalue weighted by Crippen LogP contribution is -2.56. The minimum atomic E-state index is -1.14. The molecule has 0 aromatic rings. The number of carbonyl (C=O) groups is 5. The minimum absolute atomic E-state index is 0.00388. The average molecular weight is 551 g/mol. The number of piperidine rings is 1. The zero-order valence-corrected chi connectivity index (χ0v) is 23.6. The van der Waals surface area contributed by atoms with Crippen LogP contribution in [0.25, 0.3) is 0 Å². The molecule has 2 aliphatic rings. The Balaban J connectivity index is 2.09. The SMILES string of the molecule is CCCC(CCC)C(=O)N[C@@H](CC(=O)OC)C(=O)N1CCCC1C(=O)NC(C=O)CC1CCCN(C(=N)N)C1. The van der Waals surface area contributed by atoms with Gasteiger partial charge in [0.2, 0.25) is 17.7 Å². The highest BCUT2D eigenvalue weighted by Gasteiger charge is 2.39. The van der Waals surface area contributed by atoms with Crippen LogP contribution in [0.4, 0.5) is 0 Å². The Morgan fingerprint density at radius 1 is 1.08 bits per heavy atom. The second-order valence-electron chi connectivity index (χ2n) is 10.6. The first-order chi connectivity index (χ1) is 18.6. The number of guanidine groups is 1. The van der Waals surface area contributed by atoms with Crippen LogP contribution in [0.3, 0.4) is 0 Å². The van der Waals surface area contributed by atoms with Crippen molar-refractivity contribution in [2.75, 3.05) is 26.7 Å². The molecule has 2 saturated heterocycles. The molecule has 2 fully saturated rings. The number of carbonyl (C=O) groups excluding carboxylic acids is 5. The third-order valence-corrected chi connectivity index (χ3v) is 7.64. The summed E-state index contributed by atoms with van der Waals surface area (Å²) in [5.74, 6) is -2.04. The van der Waals surface area contributed by atoms with Crippen LogP contribution in [0, 0.1) is 17.2 Å². The van der Waals surface area contributed by atoms with Crippen LogP contribution in [0.2, 0.25) is 0 Å². The van der Waals surface area contributed by atoms with Crippen molar-refractivity contribution in [2.45, 2.75) is 96.2 Å². The van der Waals surface area contributed by atoms with E-state index in [-0.39, 0.29) is 30.1 Å². The Labute approximate surface area is 231 Å². The number of hydrogen-bond donors (Lipinski definition) is 4. The summed E-state index contributed by atoms with van der Waals surface area (Å²) >= 11 is 0. The van der Waals surface area contributed by atoms with Crippen molar-refractivity contribution in [2.24, 2.45) is 17.6 Å². The number of amides is 3. The molecule has 0 bridgehead atoms. The fraction of sp³-hybridized carbons (Fsp3) is 0.778. The molecular formula is C27H46N6O6. The first-order valence-electron chi connectivity index (χ1n) is 14.2. The summed E-state index contributed by atoms with van der Waals surface area (Å²) < 4.78 is 4.76. The molecule has 0 saturated carbocycles. The first kappa shape index (κ1) is 32.0. The molecule has 2 heterocycles. The molecule has 0 spiro atoms. The van der Waals surface area contributed by atoms with E-state index in [1.165, 1.54) is 12.0 Å². The highest BCUT2D eigenvalue weighted by Crippen LogP contribution is 2.23. The lowest BCUT2D eigenvalue weighted by molar-refractivity contribution is -0.147. The van der Waals surface area contributed by atoms with Crippen LogP contribution in [0.5, 0.6) is 0 Å². The molecule has 4 atom stereocenters. The third-order valence-electron chi connectivity index (χ3n) is 7.64. The average Bonchev–Trinajstić information content (AvgIpc) is 3.42. The number of esters is 1. The molecule has 0 radical (unpaired) electrons. The number of rotatable bonds is 14. The zero-order valence-electron chi connectivity index (χ0n) is 23.6. The molecular weight excluding hydrogens is 504 g/mol. The molecule has 220 valence electrons. The first-order valence-corrected chi connectivity index (χ1v) is 14.2. The van der Waals surface area contributed by atoms with E-state index >= 15 is 0 Å².